The number of nitrogens with one attached hydrogen (secondary N) is 2. The van der Waals surface area contributed by atoms with Crippen molar-refractivity contribution in [2.24, 2.45) is 5.92 Å². The molecule has 1 aromatic heterocycles. The molecule has 1 fully saturated rings. The van der Waals surface area contributed by atoms with Gasteiger partial charge in [0, 0.05) is 6.54 Å². The molecule has 0 aliphatic carbocycles. The zero-order chi connectivity index (χ0) is 13.0. The average Bonchev–Trinajstić information content (AvgIpc) is 2.78. The number of hydrogen-bond donors (Lipinski definition) is 2. The molecule has 1 unspecified atom stereocenters. The van der Waals surface area contributed by atoms with E-state index < -0.39 is 10.0 Å². The summed E-state index contributed by atoms with van der Waals surface area (Å²) in [4.78, 5) is 3.97. The minimum absolute atomic E-state index is 0. The summed E-state index contributed by atoms with van der Waals surface area (Å²) in [6, 6.07) is 0. The van der Waals surface area contributed by atoms with E-state index in [-0.39, 0.29) is 12.4 Å². The van der Waals surface area contributed by atoms with Gasteiger partial charge in [0.15, 0.2) is 4.21 Å². The summed E-state index contributed by atoms with van der Waals surface area (Å²) in [6.07, 6.45) is 4.69. The van der Waals surface area contributed by atoms with Crippen LogP contribution in [0.25, 0.3) is 0 Å². The van der Waals surface area contributed by atoms with Crippen molar-refractivity contribution in [3.8, 4) is 0 Å². The first-order valence-corrected chi connectivity index (χ1v) is 8.51. The molecule has 1 aromatic rings. The maximum absolute atomic E-state index is 11.9. The molecule has 2 heterocycles. The number of piperidine rings is 1. The summed E-state index contributed by atoms with van der Waals surface area (Å²) < 4.78 is 26.8. The van der Waals surface area contributed by atoms with Gasteiger partial charge in [-0.1, -0.05) is 0 Å². The number of halogens is 1. The minimum atomic E-state index is -3.35. The van der Waals surface area contributed by atoms with E-state index in [0.29, 0.717) is 16.7 Å². The van der Waals surface area contributed by atoms with Gasteiger partial charge < -0.3 is 5.32 Å². The zero-order valence-corrected chi connectivity index (χ0v) is 13.3. The van der Waals surface area contributed by atoms with Gasteiger partial charge in [0.2, 0.25) is 0 Å². The lowest BCUT2D eigenvalue weighted by atomic mass is 9.96. The first-order chi connectivity index (χ1) is 8.58. The summed E-state index contributed by atoms with van der Waals surface area (Å²) in [5.41, 5.74) is 0. The van der Waals surface area contributed by atoms with Gasteiger partial charge in [0.05, 0.1) is 11.2 Å². The third-order valence-corrected chi connectivity index (χ3v) is 5.94. The van der Waals surface area contributed by atoms with E-state index in [1.165, 1.54) is 30.4 Å². The SMILES string of the molecule is Cc1ncc(S(=O)(=O)NCCC2CCCNC2)s1.Cl. The number of sulfonamides is 1. The van der Waals surface area contributed by atoms with Crippen LogP contribution >= 0.6 is 23.7 Å². The smallest absolute Gasteiger partial charge is 0.251 e. The van der Waals surface area contributed by atoms with Crippen LogP contribution in [0.1, 0.15) is 24.3 Å². The highest BCUT2D eigenvalue weighted by atomic mass is 35.5. The standard InChI is InChI=1S/C11H19N3O2S2.ClH/c1-9-13-8-11(17-9)18(15,16)14-6-4-10-3-2-5-12-7-10;/h8,10,12,14H,2-7H2,1H3;1H. The number of aryl methyl sites for hydroxylation is 1. The zero-order valence-electron chi connectivity index (χ0n) is 10.9. The average molecular weight is 326 g/mol. The van der Waals surface area contributed by atoms with E-state index in [4.69, 9.17) is 0 Å². The molecule has 5 nitrogen and oxygen atoms in total. The summed E-state index contributed by atoms with van der Waals surface area (Å²) in [7, 11) is -3.35. The summed E-state index contributed by atoms with van der Waals surface area (Å²) in [5.74, 6) is 0.588. The van der Waals surface area contributed by atoms with E-state index >= 15 is 0 Å². The molecule has 0 amide bonds. The number of thiazole rings is 1. The Morgan fingerprint density at radius 3 is 2.95 bits per heavy atom. The van der Waals surface area contributed by atoms with Crippen LogP contribution in [0.2, 0.25) is 0 Å². The fourth-order valence-electron chi connectivity index (χ4n) is 2.11. The Hall–Kier alpha value is -0.210. The monoisotopic (exact) mass is 325 g/mol. The van der Waals surface area contributed by atoms with E-state index in [1.807, 2.05) is 0 Å². The maximum atomic E-state index is 11.9. The van der Waals surface area contributed by atoms with Gasteiger partial charge in [0.25, 0.3) is 10.0 Å². The first-order valence-electron chi connectivity index (χ1n) is 6.21. The number of aromatic nitrogens is 1. The second kappa shape index (κ2) is 7.54. The molecule has 0 bridgehead atoms. The molecule has 19 heavy (non-hydrogen) atoms. The van der Waals surface area contributed by atoms with Crippen molar-refractivity contribution in [2.75, 3.05) is 19.6 Å². The molecule has 1 aliphatic heterocycles. The molecule has 0 saturated carbocycles. The van der Waals surface area contributed by atoms with E-state index in [1.54, 1.807) is 6.92 Å². The second-order valence-electron chi connectivity index (χ2n) is 4.60. The van der Waals surface area contributed by atoms with Crippen LogP contribution in [0, 0.1) is 12.8 Å². The van der Waals surface area contributed by atoms with Gasteiger partial charge in [0.1, 0.15) is 0 Å². The van der Waals surface area contributed by atoms with Crippen LogP contribution in [0.5, 0.6) is 0 Å². The predicted molar refractivity (Wildman–Crippen MR) is 79.5 cm³/mol. The van der Waals surface area contributed by atoms with E-state index in [0.717, 1.165) is 24.5 Å². The third kappa shape index (κ3) is 5.00. The lowest BCUT2D eigenvalue weighted by molar-refractivity contribution is 0.358. The minimum Gasteiger partial charge on any atom is -0.316 e. The highest BCUT2D eigenvalue weighted by Gasteiger charge is 2.18. The molecule has 0 aromatic carbocycles. The molecule has 110 valence electrons. The number of nitrogens with zero attached hydrogens (tertiary/aromatic N) is 1. The van der Waals surface area contributed by atoms with Gasteiger partial charge in [-0.15, -0.1) is 23.7 Å². The van der Waals surface area contributed by atoms with Gasteiger partial charge in [-0.2, -0.15) is 0 Å². The summed E-state index contributed by atoms with van der Waals surface area (Å²) in [6.45, 7) is 4.40. The molecular formula is C11H20ClN3O2S2. The Labute approximate surface area is 124 Å². The van der Waals surface area contributed by atoms with Crippen molar-refractivity contribution < 1.29 is 8.42 Å². The quantitative estimate of drug-likeness (QED) is 0.861. The molecule has 8 heteroatoms. The van der Waals surface area contributed by atoms with Crippen molar-refractivity contribution in [2.45, 2.75) is 30.4 Å². The van der Waals surface area contributed by atoms with Crippen molar-refractivity contribution in [1.82, 2.24) is 15.0 Å². The highest BCUT2D eigenvalue weighted by Crippen LogP contribution is 2.18. The van der Waals surface area contributed by atoms with Crippen molar-refractivity contribution >= 4 is 33.8 Å². The predicted octanol–water partition coefficient (Wildman–Crippen LogP) is 1.54. The molecule has 1 aliphatic rings. The van der Waals surface area contributed by atoms with Gasteiger partial charge in [-0.3, -0.25) is 0 Å². The summed E-state index contributed by atoms with van der Waals surface area (Å²) >= 11 is 1.21. The topological polar surface area (TPSA) is 71.1 Å². The largest absolute Gasteiger partial charge is 0.316 e. The summed E-state index contributed by atoms with van der Waals surface area (Å²) in [5, 5.41) is 4.10. The Balaban J connectivity index is 0.00000180. The van der Waals surface area contributed by atoms with Crippen molar-refractivity contribution in [3.63, 3.8) is 0 Å². The van der Waals surface area contributed by atoms with Gasteiger partial charge in [-0.25, -0.2) is 18.1 Å². The van der Waals surface area contributed by atoms with Crippen LogP contribution in [0.3, 0.4) is 0 Å². The lowest BCUT2D eigenvalue weighted by Gasteiger charge is -2.22. The Morgan fingerprint density at radius 2 is 2.37 bits per heavy atom. The fourth-order valence-corrected chi connectivity index (χ4v) is 4.30. The second-order valence-corrected chi connectivity index (χ2v) is 7.83. The van der Waals surface area contributed by atoms with Crippen molar-refractivity contribution in [1.29, 1.82) is 0 Å². The van der Waals surface area contributed by atoms with E-state index in [9.17, 15) is 8.42 Å². The Morgan fingerprint density at radius 1 is 1.58 bits per heavy atom. The van der Waals surface area contributed by atoms with Crippen LogP contribution in [0.4, 0.5) is 0 Å². The number of rotatable bonds is 5. The third-order valence-electron chi connectivity index (χ3n) is 3.11. The molecule has 1 atom stereocenters. The Kier molecular flexibility index (Phi) is 6.68. The Bertz CT molecular complexity index is 484. The van der Waals surface area contributed by atoms with Gasteiger partial charge in [-0.05, 0) is 45.2 Å². The molecule has 1 saturated heterocycles. The van der Waals surface area contributed by atoms with Crippen LogP contribution in [0.15, 0.2) is 10.4 Å². The molecule has 0 radical (unpaired) electrons. The maximum Gasteiger partial charge on any atom is 0.251 e. The highest BCUT2D eigenvalue weighted by molar-refractivity contribution is 7.91. The van der Waals surface area contributed by atoms with Crippen molar-refractivity contribution in [3.05, 3.63) is 11.2 Å². The van der Waals surface area contributed by atoms with Crippen LogP contribution in [-0.2, 0) is 10.0 Å². The molecular weight excluding hydrogens is 306 g/mol. The molecule has 0 spiro atoms. The number of hydrogen-bond acceptors (Lipinski definition) is 5. The lowest BCUT2D eigenvalue weighted by Crippen LogP contribution is -2.33. The van der Waals surface area contributed by atoms with E-state index in [2.05, 4.69) is 15.0 Å². The van der Waals surface area contributed by atoms with Gasteiger partial charge >= 0.3 is 0 Å². The molecule has 2 rings (SSSR count). The van der Waals surface area contributed by atoms with Crippen LogP contribution in [-0.4, -0.2) is 33.0 Å². The molecule has 2 N–H and O–H groups in total. The normalized spacial score (nSPS) is 19.9. The van der Waals surface area contributed by atoms with Crippen LogP contribution < -0.4 is 10.0 Å². The first kappa shape index (κ1) is 16.8. The fraction of sp³-hybridized carbons (Fsp3) is 0.727.